The van der Waals surface area contributed by atoms with Crippen molar-refractivity contribution in [3.63, 3.8) is 0 Å². The molecule has 2 atom stereocenters. The highest BCUT2D eigenvalue weighted by Crippen LogP contribution is 2.48. The first-order valence-electron chi connectivity index (χ1n) is 9.40. The highest BCUT2D eigenvalue weighted by atomic mass is 16.5. The lowest BCUT2D eigenvalue weighted by Gasteiger charge is -2.54. The lowest BCUT2D eigenvalue weighted by molar-refractivity contribution is -0.152. The molecule has 0 saturated carbocycles. The van der Waals surface area contributed by atoms with Crippen molar-refractivity contribution >= 4 is 11.8 Å². The molecule has 2 amide bonds. The van der Waals surface area contributed by atoms with Crippen molar-refractivity contribution in [3.8, 4) is 5.75 Å². The molecule has 1 fully saturated rings. The van der Waals surface area contributed by atoms with Crippen LogP contribution in [0, 0.1) is 5.41 Å². The maximum Gasteiger partial charge on any atom is 0.225 e. The Hall–Kier alpha value is -2.83. The average Bonchev–Trinajstić information content (AvgIpc) is 3.04. The van der Waals surface area contributed by atoms with Gasteiger partial charge in [-0.1, -0.05) is 26.0 Å². The van der Waals surface area contributed by atoms with E-state index >= 15 is 0 Å². The van der Waals surface area contributed by atoms with Gasteiger partial charge >= 0.3 is 0 Å². The fraction of sp³-hybridized carbons (Fsp3) is 0.476. The number of hydrogen-bond acceptors (Lipinski definition) is 4. The maximum absolute atomic E-state index is 13.1. The van der Waals surface area contributed by atoms with Crippen LogP contribution in [0.2, 0.25) is 0 Å². The molecule has 0 unspecified atom stereocenters. The van der Waals surface area contributed by atoms with Gasteiger partial charge in [0.05, 0.1) is 31.8 Å². The molecule has 0 radical (unpaired) electrons. The number of likely N-dealkylation sites (tertiary alicyclic amines) is 1. The van der Waals surface area contributed by atoms with E-state index in [4.69, 9.17) is 4.74 Å². The van der Waals surface area contributed by atoms with Crippen LogP contribution in [-0.4, -0.2) is 40.1 Å². The van der Waals surface area contributed by atoms with Crippen LogP contribution < -0.4 is 10.1 Å². The van der Waals surface area contributed by atoms with Crippen molar-refractivity contribution in [2.75, 3.05) is 13.7 Å². The summed E-state index contributed by atoms with van der Waals surface area (Å²) in [6.07, 6.45) is 3.99. The number of methoxy groups -OCH3 is 1. The number of carbonyl (C=O) groups excluding carboxylic acids is 2. The van der Waals surface area contributed by atoms with Gasteiger partial charge in [0.2, 0.25) is 11.8 Å². The molecule has 28 heavy (non-hydrogen) atoms. The van der Waals surface area contributed by atoms with Crippen LogP contribution in [0.25, 0.3) is 0 Å². The summed E-state index contributed by atoms with van der Waals surface area (Å²) in [5.74, 6) is 0.585. The minimum absolute atomic E-state index is 0.0115. The van der Waals surface area contributed by atoms with E-state index in [9.17, 15) is 9.59 Å². The Balaban J connectivity index is 1.78. The Labute approximate surface area is 165 Å². The second kappa shape index (κ2) is 7.66. The van der Waals surface area contributed by atoms with E-state index in [1.54, 1.807) is 11.8 Å². The van der Waals surface area contributed by atoms with Crippen molar-refractivity contribution in [1.29, 1.82) is 0 Å². The predicted octanol–water partition coefficient (Wildman–Crippen LogP) is 2.61. The zero-order valence-electron chi connectivity index (χ0n) is 17.1. The normalized spacial score (nSPS) is 18.9. The minimum atomic E-state index is -0.380. The molecule has 3 rings (SSSR count). The van der Waals surface area contributed by atoms with E-state index in [1.807, 2.05) is 48.6 Å². The molecule has 1 aliphatic rings. The van der Waals surface area contributed by atoms with Crippen molar-refractivity contribution in [1.82, 2.24) is 20.0 Å². The van der Waals surface area contributed by atoms with Crippen LogP contribution in [0.15, 0.2) is 36.7 Å². The zero-order valence-corrected chi connectivity index (χ0v) is 17.1. The zero-order chi connectivity index (χ0) is 20.5. The van der Waals surface area contributed by atoms with Crippen molar-refractivity contribution in [3.05, 3.63) is 47.8 Å². The number of hydrogen-bond donors (Lipinski definition) is 1. The monoisotopic (exact) mass is 384 g/mol. The van der Waals surface area contributed by atoms with Gasteiger partial charge < -0.3 is 15.0 Å². The Morgan fingerprint density at radius 1 is 1.32 bits per heavy atom. The van der Waals surface area contributed by atoms with E-state index in [1.165, 1.54) is 6.92 Å². The molecular formula is C21H28N4O3. The summed E-state index contributed by atoms with van der Waals surface area (Å²) in [5.41, 5.74) is 1.90. The van der Waals surface area contributed by atoms with Gasteiger partial charge in [0.1, 0.15) is 5.75 Å². The Morgan fingerprint density at radius 2 is 2.00 bits per heavy atom. The fourth-order valence-corrected chi connectivity index (χ4v) is 4.00. The summed E-state index contributed by atoms with van der Waals surface area (Å²) in [7, 11) is 3.48. The largest absolute Gasteiger partial charge is 0.497 e. The smallest absolute Gasteiger partial charge is 0.225 e. The van der Waals surface area contributed by atoms with Gasteiger partial charge in [-0.05, 0) is 17.7 Å². The van der Waals surface area contributed by atoms with E-state index in [0.29, 0.717) is 6.54 Å². The molecule has 1 N–H and O–H groups in total. The summed E-state index contributed by atoms with van der Waals surface area (Å²) in [4.78, 5) is 26.7. The van der Waals surface area contributed by atoms with E-state index in [2.05, 4.69) is 24.3 Å². The molecular weight excluding hydrogens is 356 g/mol. The van der Waals surface area contributed by atoms with Crippen LogP contribution in [0.4, 0.5) is 0 Å². The van der Waals surface area contributed by atoms with Gasteiger partial charge in [0.15, 0.2) is 0 Å². The molecule has 0 bridgehead atoms. The SMILES string of the molecule is COc1ccc([C@@H](CC(=O)N2CC(C)(C)[C@H]2c2cnn(C)c2)NC(C)=O)cc1. The van der Waals surface area contributed by atoms with Gasteiger partial charge in [-0.3, -0.25) is 14.3 Å². The van der Waals surface area contributed by atoms with E-state index in [0.717, 1.165) is 16.9 Å². The number of nitrogens with zero attached hydrogens (tertiary/aromatic N) is 3. The number of carbonyl (C=O) groups is 2. The lowest BCUT2D eigenvalue weighted by atomic mass is 9.72. The number of nitrogens with one attached hydrogen (secondary N) is 1. The van der Waals surface area contributed by atoms with Crippen LogP contribution in [-0.2, 0) is 16.6 Å². The molecule has 7 heteroatoms. The standard InChI is InChI=1S/C21H28N4O3/c1-14(26)23-18(15-6-8-17(28-5)9-7-15)10-19(27)25-13-21(2,3)20(25)16-11-22-24(4)12-16/h6-9,11-12,18,20H,10,13H2,1-5H3,(H,23,26)/t18-,20-/m1/s1. The Kier molecular flexibility index (Phi) is 5.45. The van der Waals surface area contributed by atoms with Crippen LogP contribution in [0.3, 0.4) is 0 Å². The number of ether oxygens (including phenoxy) is 1. The van der Waals surface area contributed by atoms with Gasteiger partial charge in [0, 0.05) is 37.7 Å². The molecule has 7 nitrogen and oxygen atoms in total. The quantitative estimate of drug-likeness (QED) is 0.831. The van der Waals surface area contributed by atoms with Crippen molar-refractivity contribution in [2.24, 2.45) is 12.5 Å². The first-order chi connectivity index (χ1) is 13.2. The van der Waals surface area contributed by atoms with E-state index in [-0.39, 0.29) is 35.7 Å². The first-order valence-corrected chi connectivity index (χ1v) is 9.40. The summed E-state index contributed by atoms with van der Waals surface area (Å²) in [6, 6.07) is 7.03. The lowest BCUT2D eigenvalue weighted by Crippen LogP contribution is -2.58. The molecule has 0 spiro atoms. The number of benzene rings is 1. The van der Waals surface area contributed by atoms with E-state index < -0.39 is 0 Å². The Bertz CT molecular complexity index is 857. The van der Waals surface area contributed by atoms with Gasteiger partial charge in [-0.25, -0.2) is 0 Å². The molecule has 1 aromatic heterocycles. The first kappa shape index (κ1) is 19.9. The molecule has 2 heterocycles. The van der Waals surface area contributed by atoms with Gasteiger partial charge in [-0.2, -0.15) is 5.10 Å². The van der Waals surface area contributed by atoms with Crippen LogP contribution in [0.5, 0.6) is 5.75 Å². The number of rotatable bonds is 6. The molecule has 0 aliphatic carbocycles. The second-order valence-electron chi connectivity index (χ2n) is 8.09. The molecule has 2 aromatic rings. The summed E-state index contributed by atoms with van der Waals surface area (Å²) in [5, 5.41) is 7.16. The average molecular weight is 384 g/mol. The highest BCUT2D eigenvalue weighted by molar-refractivity contribution is 5.80. The molecule has 1 saturated heterocycles. The van der Waals surface area contributed by atoms with Gasteiger partial charge in [0.25, 0.3) is 0 Å². The summed E-state index contributed by atoms with van der Waals surface area (Å²) < 4.78 is 6.95. The maximum atomic E-state index is 13.1. The van der Waals surface area contributed by atoms with Crippen molar-refractivity contribution in [2.45, 2.75) is 39.3 Å². The number of aromatic nitrogens is 2. The third-order valence-corrected chi connectivity index (χ3v) is 5.27. The van der Waals surface area contributed by atoms with Crippen LogP contribution in [0.1, 0.15) is 50.4 Å². The number of amides is 2. The third kappa shape index (κ3) is 4.03. The summed E-state index contributed by atoms with van der Waals surface area (Å²) in [6.45, 7) is 6.46. The van der Waals surface area contributed by atoms with Crippen molar-refractivity contribution < 1.29 is 14.3 Å². The van der Waals surface area contributed by atoms with Gasteiger partial charge in [-0.15, -0.1) is 0 Å². The molecule has 1 aliphatic heterocycles. The minimum Gasteiger partial charge on any atom is -0.497 e. The van der Waals surface area contributed by atoms with Crippen LogP contribution >= 0.6 is 0 Å². The number of aryl methyl sites for hydroxylation is 1. The Morgan fingerprint density at radius 3 is 2.50 bits per heavy atom. The fourth-order valence-electron chi connectivity index (χ4n) is 4.00. The topological polar surface area (TPSA) is 76.5 Å². The predicted molar refractivity (Wildman–Crippen MR) is 106 cm³/mol. The molecule has 150 valence electrons. The highest BCUT2D eigenvalue weighted by Gasteiger charge is 2.49. The summed E-state index contributed by atoms with van der Waals surface area (Å²) >= 11 is 0. The molecule has 1 aromatic carbocycles. The second-order valence-corrected chi connectivity index (χ2v) is 8.09. The third-order valence-electron chi connectivity index (χ3n) is 5.27.